The van der Waals surface area contributed by atoms with E-state index in [4.69, 9.17) is 10.5 Å². The van der Waals surface area contributed by atoms with Crippen molar-refractivity contribution in [2.75, 3.05) is 26.2 Å². The van der Waals surface area contributed by atoms with Crippen molar-refractivity contribution in [3.63, 3.8) is 0 Å². The Labute approximate surface area is 146 Å². The molecule has 1 aromatic rings. The number of fused-ring (bicyclic) bond motifs is 1. The van der Waals surface area contributed by atoms with E-state index in [0.717, 1.165) is 49.3 Å². The molecule has 6 nitrogen and oxygen atoms in total. The molecular formula is C17H25N3O3S. The minimum atomic E-state index is -0.0424. The maximum atomic E-state index is 13.0. The van der Waals surface area contributed by atoms with Crippen LogP contribution < -0.4 is 11.1 Å². The van der Waals surface area contributed by atoms with Crippen LogP contribution in [0, 0.1) is 0 Å². The third kappa shape index (κ3) is 3.96. The molecule has 7 heteroatoms. The normalized spacial score (nSPS) is 20.5. The minimum Gasteiger partial charge on any atom is -0.376 e. The Morgan fingerprint density at radius 3 is 3.08 bits per heavy atom. The summed E-state index contributed by atoms with van der Waals surface area (Å²) in [7, 11) is 0. The van der Waals surface area contributed by atoms with E-state index >= 15 is 0 Å². The molecule has 1 unspecified atom stereocenters. The van der Waals surface area contributed by atoms with Crippen LogP contribution in [0.4, 0.5) is 0 Å². The average molecular weight is 351 g/mol. The molecule has 3 N–H and O–H groups in total. The van der Waals surface area contributed by atoms with Gasteiger partial charge in [-0.05, 0) is 30.9 Å². The van der Waals surface area contributed by atoms with Crippen LogP contribution >= 0.6 is 11.3 Å². The van der Waals surface area contributed by atoms with Crippen LogP contribution in [0.3, 0.4) is 0 Å². The van der Waals surface area contributed by atoms with E-state index in [2.05, 4.69) is 5.32 Å². The summed E-state index contributed by atoms with van der Waals surface area (Å²) in [5.74, 6) is 0.0476. The number of ether oxygens (including phenoxy) is 1. The number of nitrogens with two attached hydrogens (primary N) is 1. The highest BCUT2D eigenvalue weighted by atomic mass is 32.1. The van der Waals surface area contributed by atoms with Crippen LogP contribution in [0.2, 0.25) is 0 Å². The Morgan fingerprint density at radius 1 is 1.42 bits per heavy atom. The lowest BCUT2D eigenvalue weighted by Gasteiger charge is -2.35. The number of hydrogen-bond donors (Lipinski definition) is 2. The Balaban J connectivity index is 1.66. The molecule has 1 atom stereocenters. The monoisotopic (exact) mass is 351 g/mol. The van der Waals surface area contributed by atoms with Gasteiger partial charge >= 0.3 is 0 Å². The number of carbonyl (C=O) groups is 2. The van der Waals surface area contributed by atoms with Gasteiger partial charge < -0.3 is 20.7 Å². The summed E-state index contributed by atoms with van der Waals surface area (Å²) < 4.78 is 5.47. The van der Waals surface area contributed by atoms with Crippen molar-refractivity contribution in [2.45, 2.75) is 44.8 Å². The summed E-state index contributed by atoms with van der Waals surface area (Å²) in [4.78, 5) is 28.6. The topological polar surface area (TPSA) is 84.7 Å². The van der Waals surface area contributed by atoms with Gasteiger partial charge in [-0.2, -0.15) is 0 Å². The van der Waals surface area contributed by atoms with E-state index in [0.29, 0.717) is 26.1 Å². The highest BCUT2D eigenvalue weighted by molar-refractivity contribution is 7.14. The molecule has 0 spiro atoms. The second kappa shape index (κ2) is 8.09. The number of piperidine rings is 1. The van der Waals surface area contributed by atoms with Gasteiger partial charge in [0.25, 0.3) is 5.91 Å². The Morgan fingerprint density at radius 2 is 2.29 bits per heavy atom. The predicted octanol–water partition coefficient (Wildman–Crippen LogP) is 1.28. The van der Waals surface area contributed by atoms with Crippen molar-refractivity contribution in [1.82, 2.24) is 10.2 Å². The van der Waals surface area contributed by atoms with Crippen LogP contribution in [0.25, 0.3) is 0 Å². The van der Waals surface area contributed by atoms with Crippen molar-refractivity contribution in [3.05, 3.63) is 21.4 Å². The minimum absolute atomic E-state index is 0.0424. The molecule has 1 fully saturated rings. The fourth-order valence-electron chi connectivity index (χ4n) is 3.33. The third-order valence-electron chi connectivity index (χ3n) is 4.63. The predicted molar refractivity (Wildman–Crippen MR) is 93.0 cm³/mol. The number of thiophene rings is 1. The number of nitrogens with one attached hydrogen (secondary N) is 1. The maximum absolute atomic E-state index is 13.0. The fourth-order valence-corrected chi connectivity index (χ4v) is 4.43. The van der Waals surface area contributed by atoms with Crippen molar-refractivity contribution < 1.29 is 14.3 Å². The molecule has 0 radical (unpaired) electrons. The van der Waals surface area contributed by atoms with Crippen molar-refractivity contribution in [1.29, 1.82) is 0 Å². The molecular weight excluding hydrogens is 326 g/mol. The number of likely N-dealkylation sites (tertiary alicyclic amines) is 1. The highest BCUT2D eigenvalue weighted by Crippen LogP contribution is 2.29. The molecule has 2 aliphatic rings. The summed E-state index contributed by atoms with van der Waals surface area (Å²) in [5.41, 5.74) is 6.56. The zero-order chi connectivity index (χ0) is 16.9. The van der Waals surface area contributed by atoms with E-state index in [1.54, 1.807) is 11.3 Å². The van der Waals surface area contributed by atoms with Crippen molar-refractivity contribution in [2.24, 2.45) is 5.73 Å². The summed E-state index contributed by atoms with van der Waals surface area (Å²) in [6.07, 6.45) is 4.27. The molecule has 2 aliphatic heterocycles. The van der Waals surface area contributed by atoms with Crippen molar-refractivity contribution >= 4 is 23.2 Å². The fraction of sp³-hybridized carbons (Fsp3) is 0.647. The first-order valence-electron chi connectivity index (χ1n) is 8.66. The van der Waals surface area contributed by atoms with E-state index < -0.39 is 0 Å². The molecule has 1 aromatic heterocycles. The van der Waals surface area contributed by atoms with Gasteiger partial charge in [-0.1, -0.05) is 0 Å². The molecule has 0 bridgehead atoms. The van der Waals surface area contributed by atoms with Gasteiger partial charge in [0.1, 0.15) is 0 Å². The van der Waals surface area contributed by atoms with Gasteiger partial charge in [0.2, 0.25) is 5.91 Å². The van der Waals surface area contributed by atoms with E-state index in [9.17, 15) is 9.59 Å². The highest BCUT2D eigenvalue weighted by Gasteiger charge is 2.29. The SMILES string of the molecule is NCCC(=O)NCC1CCCCN1C(=O)c1cc2c(s1)CCOC2. The molecule has 3 heterocycles. The lowest BCUT2D eigenvalue weighted by molar-refractivity contribution is -0.121. The van der Waals surface area contributed by atoms with Crippen molar-refractivity contribution in [3.8, 4) is 0 Å². The molecule has 2 amide bonds. The van der Waals surface area contributed by atoms with Crippen LogP contribution in [-0.4, -0.2) is 49.0 Å². The van der Waals surface area contributed by atoms with E-state index in [-0.39, 0.29) is 17.9 Å². The molecule has 0 saturated carbocycles. The number of rotatable bonds is 5. The molecule has 0 aromatic carbocycles. The molecule has 24 heavy (non-hydrogen) atoms. The number of amides is 2. The Hall–Kier alpha value is -1.44. The van der Waals surface area contributed by atoms with E-state index in [1.165, 1.54) is 4.88 Å². The number of carbonyl (C=O) groups excluding carboxylic acids is 2. The molecule has 3 rings (SSSR count). The van der Waals surface area contributed by atoms with Crippen LogP contribution in [0.1, 0.15) is 45.8 Å². The smallest absolute Gasteiger partial charge is 0.264 e. The van der Waals surface area contributed by atoms with Gasteiger partial charge in [0.05, 0.1) is 18.1 Å². The molecule has 0 aliphatic carbocycles. The van der Waals surface area contributed by atoms with Gasteiger partial charge in [-0.3, -0.25) is 9.59 Å². The Kier molecular flexibility index (Phi) is 5.86. The summed E-state index contributed by atoms with van der Waals surface area (Å²) in [5, 5.41) is 2.91. The van der Waals surface area contributed by atoms with E-state index in [1.807, 2.05) is 11.0 Å². The van der Waals surface area contributed by atoms with Crippen LogP contribution in [0.15, 0.2) is 6.07 Å². The summed E-state index contributed by atoms with van der Waals surface area (Å²) >= 11 is 1.60. The third-order valence-corrected chi connectivity index (χ3v) is 5.86. The molecule has 1 saturated heterocycles. The zero-order valence-electron chi connectivity index (χ0n) is 13.9. The zero-order valence-corrected chi connectivity index (χ0v) is 14.7. The number of hydrogen-bond acceptors (Lipinski definition) is 5. The largest absolute Gasteiger partial charge is 0.376 e. The first-order valence-corrected chi connectivity index (χ1v) is 9.47. The quantitative estimate of drug-likeness (QED) is 0.837. The number of nitrogens with zero attached hydrogens (tertiary/aromatic N) is 1. The summed E-state index contributed by atoms with van der Waals surface area (Å²) in [6.45, 7) is 2.97. The second-order valence-electron chi connectivity index (χ2n) is 6.35. The summed E-state index contributed by atoms with van der Waals surface area (Å²) in [6, 6.07) is 2.06. The standard InChI is InChI=1S/C17H25N3O3S/c18-6-4-16(21)19-10-13-3-1-2-7-20(13)17(22)15-9-12-11-23-8-5-14(12)24-15/h9,13H,1-8,10-11,18H2,(H,19,21). The van der Waals surface area contributed by atoms with Gasteiger partial charge in [0, 0.05) is 43.4 Å². The van der Waals surface area contributed by atoms with Gasteiger partial charge in [0.15, 0.2) is 0 Å². The lowest BCUT2D eigenvalue weighted by Crippen LogP contribution is -2.49. The van der Waals surface area contributed by atoms with Gasteiger partial charge in [-0.25, -0.2) is 0 Å². The van der Waals surface area contributed by atoms with Gasteiger partial charge in [-0.15, -0.1) is 11.3 Å². The lowest BCUT2D eigenvalue weighted by atomic mass is 10.0. The molecule has 132 valence electrons. The maximum Gasteiger partial charge on any atom is 0.264 e. The van der Waals surface area contributed by atoms with Crippen LogP contribution in [-0.2, 0) is 22.6 Å². The Bertz CT molecular complexity index is 578. The first-order chi connectivity index (χ1) is 11.7. The van der Waals surface area contributed by atoms with Crippen LogP contribution in [0.5, 0.6) is 0 Å². The average Bonchev–Trinajstić information content (AvgIpc) is 3.04. The first kappa shape index (κ1) is 17.4. The second-order valence-corrected chi connectivity index (χ2v) is 7.49.